The van der Waals surface area contributed by atoms with E-state index in [2.05, 4.69) is 10.9 Å². The molecule has 107 valence electrons. The van der Waals surface area contributed by atoms with Crippen LogP contribution in [0.1, 0.15) is 6.42 Å². The third-order valence-corrected chi connectivity index (χ3v) is 2.58. The maximum atomic E-state index is 12.4. The van der Waals surface area contributed by atoms with Gasteiger partial charge in [-0.05, 0) is 19.2 Å². The lowest BCUT2D eigenvalue weighted by Crippen LogP contribution is -2.52. The lowest BCUT2D eigenvalue weighted by Gasteiger charge is -2.25. The summed E-state index contributed by atoms with van der Waals surface area (Å²) >= 11 is 0. The lowest BCUT2D eigenvalue weighted by atomic mass is 10.1. The number of hydrazine groups is 1. The first-order valence-electron chi connectivity index (χ1n) is 6.02. The van der Waals surface area contributed by atoms with Crippen LogP contribution in [0.15, 0.2) is 30.3 Å². The Morgan fingerprint density at radius 1 is 1.35 bits per heavy atom. The Labute approximate surface area is 117 Å². The third kappa shape index (κ3) is 4.45. The Morgan fingerprint density at radius 3 is 2.50 bits per heavy atom. The van der Waals surface area contributed by atoms with Gasteiger partial charge in [0, 0.05) is 5.69 Å². The van der Waals surface area contributed by atoms with Crippen molar-refractivity contribution in [1.82, 2.24) is 10.9 Å². The van der Waals surface area contributed by atoms with Gasteiger partial charge in [-0.1, -0.05) is 18.2 Å². The van der Waals surface area contributed by atoms with E-state index in [4.69, 9.17) is 5.73 Å². The molecule has 7 heteroatoms. The van der Waals surface area contributed by atoms with Crippen LogP contribution in [0.4, 0.5) is 5.69 Å². The summed E-state index contributed by atoms with van der Waals surface area (Å²) in [7, 11) is 1.57. The highest BCUT2D eigenvalue weighted by Gasteiger charge is 2.26. The number of nitrogens with one attached hydrogen (secondary N) is 2. The van der Waals surface area contributed by atoms with Gasteiger partial charge < -0.3 is 10.6 Å². The van der Waals surface area contributed by atoms with E-state index in [9.17, 15) is 14.4 Å². The molecule has 0 heterocycles. The predicted octanol–water partition coefficient (Wildman–Crippen LogP) is -0.903. The first kappa shape index (κ1) is 15.8. The number of amides is 2. The second kappa shape index (κ2) is 8.03. The molecule has 1 aromatic carbocycles. The number of para-hydroxylation sites is 1. The van der Waals surface area contributed by atoms with E-state index < -0.39 is 17.9 Å². The fraction of sp³-hybridized carbons (Fsp3) is 0.308. The molecule has 0 aromatic heterocycles. The van der Waals surface area contributed by atoms with Crippen molar-refractivity contribution in [2.75, 3.05) is 18.5 Å². The van der Waals surface area contributed by atoms with Gasteiger partial charge in [-0.3, -0.25) is 19.8 Å². The number of nitrogens with zero attached hydrogens (tertiary/aromatic N) is 1. The smallest absolute Gasteiger partial charge is 0.246 e. The number of rotatable bonds is 8. The van der Waals surface area contributed by atoms with Crippen LogP contribution >= 0.6 is 0 Å². The number of carbonyl (C=O) groups excluding carboxylic acids is 3. The zero-order chi connectivity index (χ0) is 15.0. The molecule has 1 rings (SSSR count). The normalized spacial score (nSPS) is 11.7. The zero-order valence-corrected chi connectivity index (χ0v) is 11.1. The Morgan fingerprint density at radius 2 is 2.00 bits per heavy atom. The van der Waals surface area contributed by atoms with Gasteiger partial charge in [0.1, 0.15) is 6.04 Å². The molecular weight excluding hydrogens is 260 g/mol. The minimum atomic E-state index is -0.856. The summed E-state index contributed by atoms with van der Waals surface area (Å²) in [5, 5.41) is 0. The van der Waals surface area contributed by atoms with Gasteiger partial charge in [-0.25, -0.2) is 5.43 Å². The van der Waals surface area contributed by atoms with E-state index in [1.165, 1.54) is 4.90 Å². The minimum Gasteiger partial charge on any atom is -0.370 e. The molecular formula is C13H17N4O3. The number of nitrogens with two attached hydrogens (primary N) is 1. The Hall–Kier alpha value is -2.25. The summed E-state index contributed by atoms with van der Waals surface area (Å²) in [5.41, 5.74) is 10.9. The number of hydrogen-bond acceptors (Lipinski definition) is 5. The second-order valence-electron chi connectivity index (χ2n) is 4.02. The van der Waals surface area contributed by atoms with Crippen LogP contribution in [-0.2, 0) is 14.4 Å². The largest absolute Gasteiger partial charge is 0.370 e. The fourth-order valence-corrected chi connectivity index (χ4v) is 1.73. The van der Waals surface area contributed by atoms with Crippen LogP contribution in [0.5, 0.6) is 0 Å². The van der Waals surface area contributed by atoms with Crippen LogP contribution < -0.4 is 21.5 Å². The molecule has 0 spiro atoms. The molecule has 0 bridgehead atoms. The molecule has 1 atom stereocenters. The van der Waals surface area contributed by atoms with Crippen LogP contribution in [-0.4, -0.2) is 37.7 Å². The van der Waals surface area contributed by atoms with Crippen molar-refractivity contribution in [3.05, 3.63) is 30.3 Å². The quantitative estimate of drug-likeness (QED) is 0.534. The Kier molecular flexibility index (Phi) is 6.34. The van der Waals surface area contributed by atoms with Crippen molar-refractivity contribution in [2.24, 2.45) is 5.73 Å². The average molecular weight is 277 g/mol. The fourth-order valence-electron chi connectivity index (χ4n) is 1.73. The van der Waals surface area contributed by atoms with Crippen molar-refractivity contribution in [2.45, 2.75) is 12.5 Å². The van der Waals surface area contributed by atoms with E-state index >= 15 is 0 Å². The summed E-state index contributed by atoms with van der Waals surface area (Å²) in [6, 6.07) is 7.81. The third-order valence-electron chi connectivity index (χ3n) is 2.58. The number of benzene rings is 1. The highest BCUT2D eigenvalue weighted by atomic mass is 16.2. The summed E-state index contributed by atoms with van der Waals surface area (Å²) in [6.45, 7) is -0.219. The molecule has 1 radical (unpaired) electrons. The maximum Gasteiger partial charge on any atom is 0.246 e. The predicted molar refractivity (Wildman–Crippen MR) is 74.3 cm³/mol. The van der Waals surface area contributed by atoms with Crippen LogP contribution in [0, 0.1) is 0 Å². The van der Waals surface area contributed by atoms with E-state index in [0.29, 0.717) is 5.69 Å². The van der Waals surface area contributed by atoms with Crippen LogP contribution in [0.2, 0.25) is 0 Å². The summed E-state index contributed by atoms with van der Waals surface area (Å²) in [5.74, 6) is -1.05. The second-order valence-corrected chi connectivity index (χ2v) is 4.02. The highest BCUT2D eigenvalue weighted by molar-refractivity contribution is 6.01. The van der Waals surface area contributed by atoms with Gasteiger partial charge >= 0.3 is 0 Å². The van der Waals surface area contributed by atoms with Crippen LogP contribution in [0.25, 0.3) is 0 Å². The summed E-state index contributed by atoms with van der Waals surface area (Å²) < 4.78 is 0. The van der Waals surface area contributed by atoms with Gasteiger partial charge in [-0.2, -0.15) is 0 Å². The van der Waals surface area contributed by atoms with E-state index in [-0.39, 0.29) is 13.0 Å². The molecule has 0 saturated carbocycles. The lowest BCUT2D eigenvalue weighted by molar-refractivity contribution is -0.125. The monoisotopic (exact) mass is 277 g/mol. The molecule has 1 unspecified atom stereocenters. The van der Waals surface area contributed by atoms with Gasteiger partial charge in [-0.15, -0.1) is 0 Å². The van der Waals surface area contributed by atoms with Gasteiger partial charge in [0.25, 0.3) is 0 Å². The molecule has 0 aliphatic heterocycles. The molecule has 0 aliphatic rings. The molecule has 0 aliphatic carbocycles. The Balaban J connectivity index is 2.96. The molecule has 0 fully saturated rings. The van der Waals surface area contributed by atoms with Gasteiger partial charge in [0.05, 0.1) is 13.0 Å². The first-order valence-corrected chi connectivity index (χ1v) is 6.02. The van der Waals surface area contributed by atoms with Crippen molar-refractivity contribution in [3.63, 3.8) is 0 Å². The first-order chi connectivity index (χ1) is 9.60. The zero-order valence-electron chi connectivity index (χ0n) is 11.1. The number of anilines is 1. The van der Waals surface area contributed by atoms with E-state index in [1.807, 2.05) is 0 Å². The summed E-state index contributed by atoms with van der Waals surface area (Å²) in [6.07, 6.45) is 1.51. The molecule has 2 amide bonds. The molecule has 1 aromatic rings. The molecule has 20 heavy (non-hydrogen) atoms. The van der Waals surface area contributed by atoms with Gasteiger partial charge in [0.2, 0.25) is 18.1 Å². The van der Waals surface area contributed by atoms with E-state index in [1.54, 1.807) is 43.7 Å². The highest BCUT2D eigenvalue weighted by Crippen LogP contribution is 2.14. The molecule has 4 N–H and O–H groups in total. The minimum absolute atomic E-state index is 0.179. The van der Waals surface area contributed by atoms with E-state index in [0.717, 1.165) is 0 Å². The maximum absolute atomic E-state index is 12.4. The molecule has 7 nitrogen and oxygen atoms in total. The summed E-state index contributed by atoms with van der Waals surface area (Å²) in [4.78, 5) is 35.3. The van der Waals surface area contributed by atoms with Crippen LogP contribution in [0.3, 0.4) is 0 Å². The Bertz CT molecular complexity index is 464. The van der Waals surface area contributed by atoms with Crippen molar-refractivity contribution in [3.8, 4) is 0 Å². The number of hydrogen-bond donors (Lipinski definition) is 3. The van der Waals surface area contributed by atoms with Crippen molar-refractivity contribution < 1.29 is 14.4 Å². The SMILES string of the molecule is CNNC(CC(N)=O)C(=O)N(C[C]=O)c1ccccc1. The van der Waals surface area contributed by atoms with Crippen molar-refractivity contribution >= 4 is 23.8 Å². The number of carbonyl (C=O) groups is 2. The average Bonchev–Trinajstić information content (AvgIpc) is 2.44. The van der Waals surface area contributed by atoms with Gasteiger partial charge in [0.15, 0.2) is 0 Å². The number of primary amides is 1. The topological polar surface area (TPSA) is 105 Å². The van der Waals surface area contributed by atoms with Crippen molar-refractivity contribution in [1.29, 1.82) is 0 Å². The standard InChI is InChI=1S/C13H17N4O3/c1-15-16-11(9-12(14)19)13(20)17(7-8-18)10-5-3-2-4-6-10/h2-6,11,15-16H,7,9H2,1H3,(H2,14,19). The molecule has 0 saturated heterocycles.